The van der Waals surface area contributed by atoms with Gasteiger partial charge in [-0.05, 0) is 61.3 Å². The number of pyridine rings is 1. The third-order valence-electron chi connectivity index (χ3n) is 6.18. The normalized spacial score (nSPS) is 18.9. The summed E-state index contributed by atoms with van der Waals surface area (Å²) in [5, 5.41) is 4.18. The molecule has 0 saturated carbocycles. The van der Waals surface area contributed by atoms with E-state index in [-0.39, 0.29) is 28.5 Å². The molecule has 0 radical (unpaired) electrons. The first-order valence-corrected chi connectivity index (χ1v) is 10.8. The molecule has 0 atom stereocenters. The summed E-state index contributed by atoms with van der Waals surface area (Å²) in [5.41, 5.74) is 3.25. The quantitative estimate of drug-likeness (QED) is 0.790. The van der Waals surface area contributed by atoms with Gasteiger partial charge in [0.15, 0.2) is 0 Å². The van der Waals surface area contributed by atoms with Gasteiger partial charge < -0.3 is 15.2 Å². The van der Waals surface area contributed by atoms with Gasteiger partial charge >= 0.3 is 0 Å². The van der Waals surface area contributed by atoms with E-state index in [1.165, 1.54) is 0 Å². The largest absolute Gasteiger partial charge is 0.381 e. The van der Waals surface area contributed by atoms with E-state index in [4.69, 9.17) is 11.6 Å². The number of para-hydroxylation sites is 1. The number of nitrogens with zero attached hydrogens (tertiary/aromatic N) is 1. The topological polar surface area (TPSA) is 65.2 Å². The summed E-state index contributed by atoms with van der Waals surface area (Å²) in [6.45, 7) is 5.73. The standard InChI is InChI=1S/C23H28ClN3O2/c1-23(2)10-7-19-15(14-23)13-17(21(28)26-19)22(29)27-11-8-16(9-12-27)25-20-6-4-3-5-18(20)24/h3-6,13,16,25H,7-12,14H2,1-2H3,(H,26,28). The van der Waals surface area contributed by atoms with Crippen molar-refractivity contribution < 1.29 is 4.79 Å². The number of aromatic amines is 1. The number of benzene rings is 1. The molecule has 2 aliphatic rings. The molecule has 2 N–H and O–H groups in total. The lowest BCUT2D eigenvalue weighted by molar-refractivity contribution is 0.0716. The van der Waals surface area contributed by atoms with Gasteiger partial charge in [0, 0.05) is 24.8 Å². The van der Waals surface area contributed by atoms with Crippen molar-refractivity contribution >= 4 is 23.2 Å². The predicted molar refractivity (Wildman–Crippen MR) is 117 cm³/mol. The minimum absolute atomic E-state index is 0.159. The van der Waals surface area contributed by atoms with Crippen molar-refractivity contribution in [2.24, 2.45) is 5.41 Å². The fourth-order valence-corrected chi connectivity index (χ4v) is 4.60. The van der Waals surface area contributed by atoms with Crippen molar-refractivity contribution in [2.45, 2.75) is 52.0 Å². The van der Waals surface area contributed by atoms with Gasteiger partial charge in [-0.3, -0.25) is 9.59 Å². The zero-order valence-electron chi connectivity index (χ0n) is 17.1. The van der Waals surface area contributed by atoms with Gasteiger partial charge in [0.25, 0.3) is 11.5 Å². The second-order valence-electron chi connectivity index (χ2n) is 9.05. The number of carbonyl (C=O) groups excluding carboxylic acids is 1. The molecule has 1 fully saturated rings. The Balaban J connectivity index is 1.44. The highest BCUT2D eigenvalue weighted by Gasteiger charge is 2.29. The van der Waals surface area contributed by atoms with E-state index < -0.39 is 0 Å². The lowest BCUT2D eigenvalue weighted by Gasteiger charge is -2.34. The Kier molecular flexibility index (Phi) is 5.43. The van der Waals surface area contributed by atoms with E-state index in [1.807, 2.05) is 30.3 Å². The van der Waals surface area contributed by atoms with Gasteiger partial charge in [-0.25, -0.2) is 0 Å². The van der Waals surface area contributed by atoms with Crippen molar-refractivity contribution in [3.63, 3.8) is 0 Å². The smallest absolute Gasteiger partial charge is 0.261 e. The van der Waals surface area contributed by atoms with E-state index in [1.54, 1.807) is 4.90 Å². The molecule has 1 aliphatic carbocycles. The van der Waals surface area contributed by atoms with Crippen LogP contribution in [0.3, 0.4) is 0 Å². The molecule has 4 rings (SSSR count). The average molecular weight is 414 g/mol. The van der Waals surface area contributed by atoms with Crippen molar-refractivity contribution in [1.29, 1.82) is 0 Å². The number of carbonyl (C=O) groups is 1. The van der Waals surface area contributed by atoms with E-state index in [9.17, 15) is 9.59 Å². The van der Waals surface area contributed by atoms with Crippen molar-refractivity contribution in [2.75, 3.05) is 18.4 Å². The minimum Gasteiger partial charge on any atom is -0.381 e. The maximum atomic E-state index is 13.1. The zero-order chi connectivity index (χ0) is 20.6. The van der Waals surface area contributed by atoms with Crippen molar-refractivity contribution in [3.05, 3.63) is 62.5 Å². The Labute approximate surface area is 176 Å². The highest BCUT2D eigenvalue weighted by Crippen LogP contribution is 2.33. The molecule has 5 nitrogen and oxygen atoms in total. The van der Waals surface area contributed by atoms with Crippen LogP contribution in [-0.4, -0.2) is 34.9 Å². The summed E-state index contributed by atoms with van der Waals surface area (Å²) in [6.07, 6.45) is 4.46. The predicted octanol–water partition coefficient (Wildman–Crippen LogP) is 4.26. The van der Waals surface area contributed by atoms with E-state index in [2.05, 4.69) is 24.1 Å². The number of anilines is 1. The van der Waals surface area contributed by atoms with Gasteiger partial charge in [0.05, 0.1) is 10.7 Å². The molecular weight excluding hydrogens is 386 g/mol. The molecule has 1 aliphatic heterocycles. The number of aromatic nitrogens is 1. The molecule has 1 aromatic heterocycles. The summed E-state index contributed by atoms with van der Waals surface area (Å²) in [5.74, 6) is -0.159. The van der Waals surface area contributed by atoms with Crippen molar-refractivity contribution in [3.8, 4) is 0 Å². The van der Waals surface area contributed by atoms with Crippen LogP contribution < -0.4 is 10.9 Å². The van der Waals surface area contributed by atoms with Crippen LogP contribution in [0.5, 0.6) is 0 Å². The van der Waals surface area contributed by atoms with Gasteiger partial charge in [0.2, 0.25) is 0 Å². The minimum atomic E-state index is -0.259. The first kappa shape index (κ1) is 20.0. The summed E-state index contributed by atoms with van der Waals surface area (Å²) in [6, 6.07) is 9.80. The molecule has 154 valence electrons. The van der Waals surface area contributed by atoms with E-state index in [0.29, 0.717) is 18.1 Å². The number of amides is 1. The Bertz CT molecular complexity index is 974. The molecular formula is C23H28ClN3O2. The second kappa shape index (κ2) is 7.86. The number of rotatable bonds is 3. The summed E-state index contributed by atoms with van der Waals surface area (Å²) < 4.78 is 0. The molecule has 6 heteroatoms. The maximum absolute atomic E-state index is 13.1. The molecule has 1 amide bonds. The fourth-order valence-electron chi connectivity index (χ4n) is 4.41. The zero-order valence-corrected chi connectivity index (χ0v) is 17.8. The first-order valence-electron chi connectivity index (χ1n) is 10.4. The average Bonchev–Trinajstić information content (AvgIpc) is 2.69. The van der Waals surface area contributed by atoms with Crippen LogP contribution >= 0.6 is 11.6 Å². The Hall–Kier alpha value is -2.27. The van der Waals surface area contributed by atoms with Crippen LogP contribution in [0.1, 0.15) is 54.7 Å². The third-order valence-corrected chi connectivity index (χ3v) is 6.51. The molecule has 1 aromatic carbocycles. The van der Waals surface area contributed by atoms with Crippen LogP contribution in [0.15, 0.2) is 35.1 Å². The molecule has 29 heavy (non-hydrogen) atoms. The van der Waals surface area contributed by atoms with Crippen LogP contribution in [-0.2, 0) is 12.8 Å². The van der Waals surface area contributed by atoms with Crippen LogP contribution in [0.4, 0.5) is 5.69 Å². The number of halogens is 1. The number of aryl methyl sites for hydroxylation is 1. The van der Waals surface area contributed by atoms with Gasteiger partial charge in [-0.2, -0.15) is 0 Å². The fraction of sp³-hybridized carbons (Fsp3) is 0.478. The number of hydrogen-bond acceptors (Lipinski definition) is 3. The van der Waals surface area contributed by atoms with Gasteiger partial charge in [-0.15, -0.1) is 0 Å². The highest BCUT2D eigenvalue weighted by molar-refractivity contribution is 6.33. The molecule has 0 unspecified atom stereocenters. The van der Waals surface area contributed by atoms with E-state index >= 15 is 0 Å². The number of fused-ring (bicyclic) bond motifs is 1. The van der Waals surface area contributed by atoms with Gasteiger partial charge in [0.1, 0.15) is 5.56 Å². The Morgan fingerprint density at radius 2 is 1.97 bits per heavy atom. The maximum Gasteiger partial charge on any atom is 0.261 e. The number of H-pyrrole nitrogens is 1. The summed E-state index contributed by atoms with van der Waals surface area (Å²) in [4.78, 5) is 30.4. The number of piperidine rings is 1. The SMILES string of the molecule is CC1(C)CCc2[nH]c(=O)c(C(=O)N3CCC(Nc4ccccc4Cl)CC3)cc2C1. The summed E-state index contributed by atoms with van der Waals surface area (Å²) >= 11 is 6.23. The van der Waals surface area contributed by atoms with Crippen LogP contribution in [0.25, 0.3) is 0 Å². The lowest BCUT2D eigenvalue weighted by Crippen LogP contribution is -2.44. The van der Waals surface area contributed by atoms with Crippen LogP contribution in [0, 0.1) is 5.41 Å². The Morgan fingerprint density at radius 1 is 1.24 bits per heavy atom. The lowest BCUT2D eigenvalue weighted by atomic mass is 9.76. The number of nitrogens with one attached hydrogen (secondary N) is 2. The van der Waals surface area contributed by atoms with E-state index in [0.717, 1.165) is 49.0 Å². The molecule has 2 aromatic rings. The number of hydrogen-bond donors (Lipinski definition) is 2. The molecule has 2 heterocycles. The summed E-state index contributed by atoms with van der Waals surface area (Å²) in [7, 11) is 0. The molecule has 0 spiro atoms. The number of likely N-dealkylation sites (tertiary alicyclic amines) is 1. The third kappa shape index (κ3) is 4.35. The van der Waals surface area contributed by atoms with Crippen molar-refractivity contribution in [1.82, 2.24) is 9.88 Å². The van der Waals surface area contributed by atoms with Crippen LogP contribution in [0.2, 0.25) is 5.02 Å². The monoisotopic (exact) mass is 413 g/mol. The molecule has 0 bridgehead atoms. The molecule has 1 saturated heterocycles. The van der Waals surface area contributed by atoms with Gasteiger partial charge in [-0.1, -0.05) is 37.6 Å². The first-order chi connectivity index (χ1) is 13.8. The second-order valence-corrected chi connectivity index (χ2v) is 9.45. The Morgan fingerprint density at radius 3 is 2.69 bits per heavy atom. The highest BCUT2D eigenvalue weighted by atomic mass is 35.5.